The van der Waals surface area contributed by atoms with Gasteiger partial charge in [-0.05, 0) is 50.3 Å². The zero-order chi connectivity index (χ0) is 21.6. The van der Waals surface area contributed by atoms with Crippen LogP contribution in [-0.2, 0) is 17.8 Å². The molecule has 31 heavy (non-hydrogen) atoms. The number of rotatable bonds is 7. The molecule has 2 aromatic carbocycles. The molecule has 162 valence electrons. The first kappa shape index (κ1) is 21.6. The van der Waals surface area contributed by atoms with Crippen LogP contribution in [0, 0.1) is 5.82 Å². The minimum Gasteiger partial charge on any atom is -0.339 e. The Balaban J connectivity index is 1.55. The molecule has 7 heteroatoms. The van der Waals surface area contributed by atoms with Gasteiger partial charge in [-0.25, -0.2) is 4.39 Å². The van der Waals surface area contributed by atoms with Gasteiger partial charge in [-0.2, -0.15) is 0 Å². The van der Waals surface area contributed by atoms with E-state index in [2.05, 4.69) is 29.3 Å². The second-order valence-corrected chi connectivity index (χ2v) is 8.84. The fourth-order valence-corrected chi connectivity index (χ4v) is 4.85. The molecule has 1 amide bonds. The molecule has 1 aliphatic rings. The summed E-state index contributed by atoms with van der Waals surface area (Å²) in [5.74, 6) is 0.605. The summed E-state index contributed by atoms with van der Waals surface area (Å²) in [6, 6.07) is 17.0. The minimum absolute atomic E-state index is 0.127. The van der Waals surface area contributed by atoms with E-state index in [0.717, 1.165) is 25.8 Å². The highest BCUT2D eigenvalue weighted by atomic mass is 32.2. The van der Waals surface area contributed by atoms with Crippen molar-refractivity contribution in [1.82, 2.24) is 19.7 Å². The third-order valence-corrected chi connectivity index (χ3v) is 6.70. The summed E-state index contributed by atoms with van der Waals surface area (Å²) >= 11 is 1.38. The van der Waals surface area contributed by atoms with Crippen LogP contribution in [0.25, 0.3) is 11.4 Å². The van der Waals surface area contributed by atoms with Gasteiger partial charge in [-0.3, -0.25) is 4.79 Å². The molecule has 0 saturated carbocycles. The Morgan fingerprint density at radius 2 is 1.87 bits per heavy atom. The summed E-state index contributed by atoms with van der Waals surface area (Å²) in [6.45, 7) is 3.54. The topological polar surface area (TPSA) is 51.0 Å². The first-order chi connectivity index (χ1) is 15.1. The van der Waals surface area contributed by atoms with Crippen LogP contribution >= 0.6 is 11.8 Å². The molecular formula is C24H27FN4OS. The summed E-state index contributed by atoms with van der Waals surface area (Å²) in [6.07, 6.45) is 4.06. The van der Waals surface area contributed by atoms with Gasteiger partial charge in [0.25, 0.3) is 0 Å². The molecule has 1 fully saturated rings. The van der Waals surface area contributed by atoms with Crippen molar-refractivity contribution in [2.24, 2.45) is 0 Å². The number of aryl methyl sites for hydroxylation is 1. The van der Waals surface area contributed by atoms with E-state index in [4.69, 9.17) is 0 Å². The summed E-state index contributed by atoms with van der Waals surface area (Å²) in [5.41, 5.74) is 1.61. The van der Waals surface area contributed by atoms with Gasteiger partial charge >= 0.3 is 0 Å². The van der Waals surface area contributed by atoms with Crippen LogP contribution in [0.4, 0.5) is 4.39 Å². The molecule has 1 aliphatic heterocycles. The highest BCUT2D eigenvalue weighted by Gasteiger charge is 2.24. The van der Waals surface area contributed by atoms with Gasteiger partial charge in [0.05, 0.1) is 11.3 Å². The van der Waals surface area contributed by atoms with Crippen molar-refractivity contribution in [2.75, 3.05) is 12.3 Å². The molecule has 0 radical (unpaired) electrons. The van der Waals surface area contributed by atoms with E-state index in [1.165, 1.54) is 29.8 Å². The quantitative estimate of drug-likeness (QED) is 0.496. The number of carbonyl (C=O) groups excluding carboxylic acids is 1. The lowest BCUT2D eigenvalue weighted by atomic mass is 10.0. The molecule has 2 heterocycles. The van der Waals surface area contributed by atoms with E-state index in [-0.39, 0.29) is 17.8 Å². The van der Waals surface area contributed by atoms with E-state index >= 15 is 0 Å². The van der Waals surface area contributed by atoms with Crippen molar-refractivity contribution in [3.05, 3.63) is 66.0 Å². The number of thioether (sulfide) groups is 1. The van der Waals surface area contributed by atoms with Crippen LogP contribution in [0.2, 0.25) is 0 Å². The Kier molecular flexibility index (Phi) is 7.02. The van der Waals surface area contributed by atoms with Crippen molar-refractivity contribution in [1.29, 1.82) is 0 Å². The number of nitrogens with zero attached hydrogens (tertiary/aromatic N) is 4. The molecule has 1 atom stereocenters. The molecule has 0 aliphatic carbocycles. The first-order valence-electron chi connectivity index (χ1n) is 10.8. The smallest absolute Gasteiger partial charge is 0.233 e. The predicted molar refractivity (Wildman–Crippen MR) is 121 cm³/mol. The Labute approximate surface area is 186 Å². The summed E-state index contributed by atoms with van der Waals surface area (Å²) in [5, 5.41) is 9.26. The lowest BCUT2D eigenvalue weighted by Gasteiger charge is -2.33. The maximum Gasteiger partial charge on any atom is 0.233 e. The standard InChI is InChI=1S/C24H27FN4OS/c1-18-9-7-8-15-28(18)22(30)17-31-24-27-26-23(20-12-5-6-13-21(20)25)29(24)16-14-19-10-3-2-4-11-19/h2-6,10-13,18H,7-9,14-17H2,1H3/t18-/m0/s1. The third kappa shape index (κ3) is 5.15. The third-order valence-electron chi connectivity index (χ3n) is 5.75. The van der Waals surface area contributed by atoms with E-state index in [1.807, 2.05) is 27.7 Å². The Morgan fingerprint density at radius 1 is 1.10 bits per heavy atom. The maximum atomic E-state index is 14.5. The van der Waals surface area contributed by atoms with Crippen molar-refractivity contribution in [3.63, 3.8) is 0 Å². The molecule has 0 N–H and O–H groups in total. The Morgan fingerprint density at radius 3 is 2.65 bits per heavy atom. The van der Waals surface area contributed by atoms with Crippen LogP contribution in [0.15, 0.2) is 59.8 Å². The number of piperidine rings is 1. The number of hydrogen-bond acceptors (Lipinski definition) is 4. The number of carbonyl (C=O) groups is 1. The SMILES string of the molecule is C[C@H]1CCCCN1C(=O)CSc1nnc(-c2ccccc2F)n1CCc1ccccc1. The van der Waals surface area contributed by atoms with E-state index < -0.39 is 0 Å². The van der Waals surface area contributed by atoms with Crippen LogP contribution in [-0.4, -0.2) is 43.9 Å². The number of amides is 1. The van der Waals surface area contributed by atoms with Crippen molar-refractivity contribution < 1.29 is 9.18 Å². The average Bonchev–Trinajstić information content (AvgIpc) is 3.20. The van der Waals surface area contributed by atoms with Gasteiger partial charge in [0.2, 0.25) is 5.91 Å². The van der Waals surface area contributed by atoms with Crippen LogP contribution < -0.4 is 0 Å². The normalized spacial score (nSPS) is 16.5. The van der Waals surface area contributed by atoms with E-state index in [9.17, 15) is 9.18 Å². The van der Waals surface area contributed by atoms with Gasteiger partial charge < -0.3 is 9.47 Å². The van der Waals surface area contributed by atoms with Gasteiger partial charge in [0, 0.05) is 19.1 Å². The molecule has 3 aromatic rings. The van der Waals surface area contributed by atoms with E-state index in [1.54, 1.807) is 18.2 Å². The van der Waals surface area contributed by atoms with Gasteiger partial charge in [-0.1, -0.05) is 54.2 Å². The van der Waals surface area contributed by atoms with Gasteiger partial charge in [0.15, 0.2) is 11.0 Å². The molecule has 4 rings (SSSR count). The summed E-state index contributed by atoms with van der Waals surface area (Å²) in [4.78, 5) is 14.8. The monoisotopic (exact) mass is 438 g/mol. The largest absolute Gasteiger partial charge is 0.339 e. The molecule has 0 spiro atoms. The lowest BCUT2D eigenvalue weighted by Crippen LogP contribution is -2.43. The van der Waals surface area contributed by atoms with Crippen LogP contribution in [0.3, 0.4) is 0 Å². The van der Waals surface area contributed by atoms with Gasteiger partial charge in [0.1, 0.15) is 5.82 Å². The highest BCUT2D eigenvalue weighted by molar-refractivity contribution is 7.99. The van der Waals surface area contributed by atoms with Crippen molar-refractivity contribution in [3.8, 4) is 11.4 Å². The first-order valence-corrected chi connectivity index (χ1v) is 11.8. The summed E-state index contributed by atoms with van der Waals surface area (Å²) < 4.78 is 16.4. The second kappa shape index (κ2) is 10.1. The second-order valence-electron chi connectivity index (χ2n) is 7.89. The number of hydrogen-bond donors (Lipinski definition) is 0. The van der Waals surface area contributed by atoms with Crippen LogP contribution in [0.5, 0.6) is 0 Å². The van der Waals surface area contributed by atoms with Crippen molar-refractivity contribution >= 4 is 17.7 Å². The predicted octanol–water partition coefficient (Wildman–Crippen LogP) is 4.82. The average molecular weight is 439 g/mol. The minimum atomic E-state index is -0.328. The number of benzene rings is 2. The molecule has 5 nitrogen and oxygen atoms in total. The van der Waals surface area contributed by atoms with Crippen molar-refractivity contribution in [2.45, 2.75) is 50.4 Å². The van der Waals surface area contributed by atoms with Gasteiger partial charge in [-0.15, -0.1) is 10.2 Å². The zero-order valence-corrected chi connectivity index (χ0v) is 18.5. The molecule has 1 aromatic heterocycles. The molecule has 0 unspecified atom stereocenters. The highest BCUT2D eigenvalue weighted by Crippen LogP contribution is 2.27. The van der Waals surface area contributed by atoms with E-state index in [0.29, 0.717) is 28.8 Å². The zero-order valence-electron chi connectivity index (χ0n) is 17.7. The fourth-order valence-electron chi connectivity index (χ4n) is 4.00. The number of halogens is 1. The Bertz CT molecular complexity index is 1020. The maximum absolute atomic E-state index is 14.5. The molecule has 1 saturated heterocycles. The Hall–Kier alpha value is -2.67. The molecular weight excluding hydrogens is 411 g/mol. The number of likely N-dealkylation sites (tertiary alicyclic amines) is 1. The number of aromatic nitrogens is 3. The summed E-state index contributed by atoms with van der Waals surface area (Å²) in [7, 11) is 0. The molecule has 0 bridgehead atoms. The lowest BCUT2D eigenvalue weighted by molar-refractivity contribution is -0.131. The fraction of sp³-hybridized carbons (Fsp3) is 0.375. The van der Waals surface area contributed by atoms with Crippen LogP contribution in [0.1, 0.15) is 31.7 Å².